The van der Waals surface area contributed by atoms with Crippen molar-refractivity contribution < 1.29 is 23.4 Å². The zero-order chi connectivity index (χ0) is 14.5. The van der Waals surface area contributed by atoms with Crippen LogP contribution in [-0.4, -0.2) is 22.7 Å². The number of aromatic nitrogens is 1. The van der Waals surface area contributed by atoms with Gasteiger partial charge in [0.2, 0.25) is 0 Å². The van der Waals surface area contributed by atoms with Gasteiger partial charge in [-0.1, -0.05) is 0 Å². The van der Waals surface area contributed by atoms with Crippen LogP contribution in [0.5, 0.6) is 5.75 Å². The SMILES string of the molecule is O=C(O)Cc1csc(CCOc2ccc(F)c(F)c2)n1. The van der Waals surface area contributed by atoms with Crippen LogP contribution in [0.1, 0.15) is 10.7 Å². The Morgan fingerprint density at radius 3 is 2.85 bits per heavy atom. The fourth-order valence-electron chi connectivity index (χ4n) is 1.52. The minimum absolute atomic E-state index is 0.111. The summed E-state index contributed by atoms with van der Waals surface area (Å²) >= 11 is 1.34. The van der Waals surface area contributed by atoms with Gasteiger partial charge < -0.3 is 9.84 Å². The van der Waals surface area contributed by atoms with Crippen molar-refractivity contribution in [3.05, 3.63) is 45.9 Å². The predicted octanol–water partition coefficient (Wildman–Crippen LogP) is 2.67. The quantitative estimate of drug-likeness (QED) is 0.891. The normalized spacial score (nSPS) is 10.5. The van der Waals surface area contributed by atoms with E-state index < -0.39 is 17.6 Å². The predicted molar refractivity (Wildman–Crippen MR) is 69.0 cm³/mol. The highest BCUT2D eigenvalue weighted by atomic mass is 32.1. The highest BCUT2D eigenvalue weighted by Crippen LogP contribution is 2.16. The van der Waals surface area contributed by atoms with Crippen LogP contribution >= 0.6 is 11.3 Å². The summed E-state index contributed by atoms with van der Waals surface area (Å²) in [4.78, 5) is 14.6. The van der Waals surface area contributed by atoms with E-state index >= 15 is 0 Å². The molecule has 0 bridgehead atoms. The number of halogens is 2. The molecule has 2 rings (SSSR count). The number of carboxylic acids is 1. The smallest absolute Gasteiger partial charge is 0.309 e. The second-order valence-corrected chi connectivity index (χ2v) is 4.92. The molecular formula is C13H11F2NO3S. The Morgan fingerprint density at radius 1 is 1.35 bits per heavy atom. The third-order valence-electron chi connectivity index (χ3n) is 2.41. The standard InChI is InChI=1S/C13H11F2NO3S/c14-10-2-1-9(6-11(10)15)19-4-3-12-16-8(7-20-12)5-13(17)18/h1-2,6-7H,3-5H2,(H,17,18). The molecule has 1 N–H and O–H groups in total. The zero-order valence-corrected chi connectivity index (χ0v) is 11.1. The lowest BCUT2D eigenvalue weighted by Crippen LogP contribution is -2.03. The Balaban J connectivity index is 1.84. The molecule has 0 fully saturated rings. The lowest BCUT2D eigenvalue weighted by molar-refractivity contribution is -0.136. The van der Waals surface area contributed by atoms with Crippen molar-refractivity contribution in [1.82, 2.24) is 4.98 Å². The number of carboxylic acid groups (broad SMARTS) is 1. The lowest BCUT2D eigenvalue weighted by atomic mass is 10.3. The molecule has 0 amide bonds. The number of ether oxygens (including phenoxy) is 1. The highest BCUT2D eigenvalue weighted by molar-refractivity contribution is 7.09. The molecule has 0 saturated carbocycles. The van der Waals surface area contributed by atoms with E-state index in [0.717, 1.165) is 17.1 Å². The van der Waals surface area contributed by atoms with Crippen molar-refractivity contribution >= 4 is 17.3 Å². The molecule has 0 saturated heterocycles. The van der Waals surface area contributed by atoms with Crippen LogP contribution in [0.4, 0.5) is 8.78 Å². The van der Waals surface area contributed by atoms with E-state index in [0.29, 0.717) is 12.1 Å². The van der Waals surface area contributed by atoms with Gasteiger partial charge in [-0.05, 0) is 12.1 Å². The second kappa shape index (κ2) is 6.42. The highest BCUT2D eigenvalue weighted by Gasteiger charge is 2.07. The first-order valence-corrected chi connectivity index (χ1v) is 6.65. The fourth-order valence-corrected chi connectivity index (χ4v) is 2.30. The van der Waals surface area contributed by atoms with Crippen molar-refractivity contribution in [2.24, 2.45) is 0 Å². The first-order chi connectivity index (χ1) is 9.54. The van der Waals surface area contributed by atoms with E-state index in [1.165, 1.54) is 17.4 Å². The number of thiazole rings is 1. The molecule has 1 heterocycles. The van der Waals surface area contributed by atoms with Crippen LogP contribution in [-0.2, 0) is 17.6 Å². The summed E-state index contributed by atoms with van der Waals surface area (Å²) < 4.78 is 30.9. The Hall–Kier alpha value is -2.02. The number of nitrogens with zero attached hydrogens (tertiary/aromatic N) is 1. The van der Waals surface area contributed by atoms with Crippen LogP contribution in [0.2, 0.25) is 0 Å². The molecule has 106 valence electrons. The van der Waals surface area contributed by atoms with E-state index in [9.17, 15) is 13.6 Å². The molecule has 1 aromatic carbocycles. The van der Waals surface area contributed by atoms with Crippen LogP contribution in [0, 0.1) is 11.6 Å². The van der Waals surface area contributed by atoms with Crippen LogP contribution < -0.4 is 4.74 Å². The number of hydrogen-bond donors (Lipinski definition) is 1. The van der Waals surface area contributed by atoms with E-state index in [-0.39, 0.29) is 18.8 Å². The Kier molecular flexibility index (Phi) is 4.62. The molecule has 4 nitrogen and oxygen atoms in total. The number of carbonyl (C=O) groups is 1. The molecule has 0 atom stereocenters. The summed E-state index contributed by atoms with van der Waals surface area (Å²) in [6, 6.07) is 3.32. The molecule has 0 aliphatic rings. The van der Waals surface area contributed by atoms with Crippen molar-refractivity contribution in [1.29, 1.82) is 0 Å². The van der Waals surface area contributed by atoms with Gasteiger partial charge in [0.25, 0.3) is 0 Å². The van der Waals surface area contributed by atoms with Gasteiger partial charge in [0.05, 0.1) is 23.7 Å². The summed E-state index contributed by atoms with van der Waals surface area (Å²) in [6.07, 6.45) is 0.365. The van der Waals surface area contributed by atoms with Crippen molar-refractivity contribution in [2.75, 3.05) is 6.61 Å². The molecular weight excluding hydrogens is 288 g/mol. The minimum Gasteiger partial charge on any atom is -0.493 e. The van der Waals surface area contributed by atoms with Gasteiger partial charge in [-0.15, -0.1) is 11.3 Å². The van der Waals surface area contributed by atoms with Gasteiger partial charge >= 0.3 is 5.97 Å². The van der Waals surface area contributed by atoms with Crippen LogP contribution in [0.25, 0.3) is 0 Å². The van der Waals surface area contributed by atoms with Gasteiger partial charge in [-0.3, -0.25) is 4.79 Å². The zero-order valence-electron chi connectivity index (χ0n) is 10.3. The average Bonchev–Trinajstić information content (AvgIpc) is 2.80. The first kappa shape index (κ1) is 14.4. The molecule has 0 aliphatic carbocycles. The topological polar surface area (TPSA) is 59.4 Å². The van der Waals surface area contributed by atoms with Crippen molar-refractivity contribution in [3.63, 3.8) is 0 Å². The third-order valence-corrected chi connectivity index (χ3v) is 3.36. The molecule has 0 radical (unpaired) electrons. The molecule has 2 aromatic rings. The maximum atomic E-state index is 12.9. The lowest BCUT2D eigenvalue weighted by Gasteiger charge is -2.04. The van der Waals surface area contributed by atoms with Gasteiger partial charge in [0.15, 0.2) is 11.6 Å². The van der Waals surface area contributed by atoms with Gasteiger partial charge in [0, 0.05) is 17.9 Å². The van der Waals surface area contributed by atoms with Crippen LogP contribution in [0.15, 0.2) is 23.6 Å². The largest absolute Gasteiger partial charge is 0.493 e. The first-order valence-electron chi connectivity index (χ1n) is 5.77. The monoisotopic (exact) mass is 299 g/mol. The van der Waals surface area contributed by atoms with E-state index in [1.807, 2.05) is 0 Å². The van der Waals surface area contributed by atoms with Crippen molar-refractivity contribution in [2.45, 2.75) is 12.8 Å². The van der Waals surface area contributed by atoms with Crippen molar-refractivity contribution in [3.8, 4) is 5.75 Å². The molecule has 20 heavy (non-hydrogen) atoms. The fraction of sp³-hybridized carbons (Fsp3) is 0.231. The Morgan fingerprint density at radius 2 is 2.15 bits per heavy atom. The van der Waals surface area contributed by atoms with Gasteiger partial charge in [-0.25, -0.2) is 13.8 Å². The Labute approximate surface area is 117 Å². The molecule has 0 unspecified atom stereocenters. The minimum atomic E-state index is -0.958. The summed E-state index contributed by atoms with van der Waals surface area (Å²) in [6.45, 7) is 0.255. The van der Waals surface area contributed by atoms with E-state index in [1.54, 1.807) is 5.38 Å². The summed E-state index contributed by atoms with van der Waals surface area (Å²) in [7, 11) is 0. The molecule has 0 aliphatic heterocycles. The molecule has 1 aromatic heterocycles. The number of rotatable bonds is 6. The third kappa shape index (κ3) is 3.99. The van der Waals surface area contributed by atoms with E-state index in [2.05, 4.69) is 4.98 Å². The maximum absolute atomic E-state index is 12.9. The molecule has 0 spiro atoms. The van der Waals surface area contributed by atoms with Gasteiger partial charge in [-0.2, -0.15) is 0 Å². The number of benzene rings is 1. The molecule has 7 heteroatoms. The number of hydrogen-bond acceptors (Lipinski definition) is 4. The van der Waals surface area contributed by atoms with E-state index in [4.69, 9.17) is 9.84 Å². The Bertz CT molecular complexity index is 615. The average molecular weight is 299 g/mol. The summed E-state index contributed by atoms with van der Waals surface area (Å²) in [5.74, 6) is -2.57. The summed E-state index contributed by atoms with van der Waals surface area (Å²) in [5, 5.41) is 11.0. The second-order valence-electron chi connectivity index (χ2n) is 3.98. The number of aliphatic carboxylic acids is 1. The summed E-state index contributed by atoms with van der Waals surface area (Å²) in [5.41, 5.74) is 0.505. The van der Waals surface area contributed by atoms with Gasteiger partial charge in [0.1, 0.15) is 5.75 Å². The van der Waals surface area contributed by atoms with Crippen LogP contribution in [0.3, 0.4) is 0 Å². The maximum Gasteiger partial charge on any atom is 0.309 e.